The number of para-hydroxylation sites is 3. The van der Waals surface area contributed by atoms with Crippen LogP contribution >= 0.6 is 0 Å². The van der Waals surface area contributed by atoms with Crippen molar-refractivity contribution in [2.75, 3.05) is 42.5 Å². The van der Waals surface area contributed by atoms with Gasteiger partial charge in [0.05, 0.1) is 5.69 Å². The molecule has 152 valence electrons. The molecule has 1 saturated heterocycles. The van der Waals surface area contributed by atoms with Crippen molar-refractivity contribution in [3.8, 4) is 5.75 Å². The van der Waals surface area contributed by atoms with Crippen LogP contribution in [0.3, 0.4) is 0 Å². The summed E-state index contributed by atoms with van der Waals surface area (Å²) in [6.45, 7) is 6.94. The molecule has 2 aromatic carbocycles. The molecule has 0 radical (unpaired) electrons. The first-order chi connectivity index (χ1) is 14.0. The largest absolute Gasteiger partial charge is 0.476 e. The Morgan fingerprint density at radius 2 is 1.62 bits per heavy atom. The van der Waals surface area contributed by atoms with Crippen molar-refractivity contribution < 1.29 is 14.3 Å². The van der Waals surface area contributed by atoms with E-state index in [4.69, 9.17) is 4.74 Å². The minimum Gasteiger partial charge on any atom is -0.476 e. The molecule has 0 aliphatic carbocycles. The standard InChI is InChI=1S/C23H27N3O3/c1-23(2)22(28)26(19-10-6-7-11-20(19)29-23)13-12-21(27)25-16-14-24(15-17-25)18-8-4-3-5-9-18/h3-11H,12-17H2,1-2H3. The van der Waals surface area contributed by atoms with Crippen LogP contribution in [0.2, 0.25) is 0 Å². The summed E-state index contributed by atoms with van der Waals surface area (Å²) in [4.78, 5) is 31.6. The molecule has 2 aromatic rings. The number of fused-ring (bicyclic) bond motifs is 1. The highest BCUT2D eigenvalue weighted by atomic mass is 16.5. The Morgan fingerprint density at radius 1 is 0.966 bits per heavy atom. The van der Waals surface area contributed by atoms with Gasteiger partial charge in [-0.3, -0.25) is 9.59 Å². The second kappa shape index (κ2) is 7.78. The van der Waals surface area contributed by atoms with E-state index in [0.29, 0.717) is 31.8 Å². The number of anilines is 2. The van der Waals surface area contributed by atoms with E-state index in [1.54, 1.807) is 18.7 Å². The smallest absolute Gasteiger partial charge is 0.270 e. The molecular formula is C23H27N3O3. The second-order valence-electron chi connectivity index (χ2n) is 7.99. The molecule has 0 spiro atoms. The third-order valence-corrected chi connectivity index (χ3v) is 5.58. The number of hydrogen-bond donors (Lipinski definition) is 0. The third-order valence-electron chi connectivity index (χ3n) is 5.58. The highest BCUT2D eigenvalue weighted by Gasteiger charge is 2.40. The Labute approximate surface area is 171 Å². The summed E-state index contributed by atoms with van der Waals surface area (Å²) in [7, 11) is 0. The second-order valence-corrected chi connectivity index (χ2v) is 7.99. The van der Waals surface area contributed by atoms with Gasteiger partial charge >= 0.3 is 0 Å². The lowest BCUT2D eigenvalue weighted by Crippen LogP contribution is -2.54. The van der Waals surface area contributed by atoms with Crippen LogP contribution in [-0.2, 0) is 9.59 Å². The van der Waals surface area contributed by atoms with Gasteiger partial charge < -0.3 is 19.4 Å². The average molecular weight is 393 g/mol. The van der Waals surface area contributed by atoms with Gasteiger partial charge in [0.1, 0.15) is 5.75 Å². The maximum atomic E-state index is 12.9. The predicted octanol–water partition coefficient (Wildman–Crippen LogP) is 2.93. The monoisotopic (exact) mass is 393 g/mol. The van der Waals surface area contributed by atoms with Crippen LogP contribution in [0, 0.1) is 0 Å². The van der Waals surface area contributed by atoms with Gasteiger partial charge in [-0.1, -0.05) is 30.3 Å². The quantitative estimate of drug-likeness (QED) is 0.802. The number of nitrogens with zero attached hydrogens (tertiary/aromatic N) is 3. The zero-order chi connectivity index (χ0) is 20.4. The van der Waals surface area contributed by atoms with Crippen LogP contribution in [0.15, 0.2) is 54.6 Å². The molecule has 0 aromatic heterocycles. The normalized spacial score (nSPS) is 18.3. The number of hydrogen-bond acceptors (Lipinski definition) is 4. The molecule has 2 aliphatic heterocycles. The molecule has 1 fully saturated rings. The van der Waals surface area contributed by atoms with Crippen LogP contribution in [0.5, 0.6) is 5.75 Å². The third kappa shape index (κ3) is 3.92. The molecule has 0 bridgehead atoms. The molecule has 0 unspecified atom stereocenters. The Balaban J connectivity index is 1.37. The fraction of sp³-hybridized carbons (Fsp3) is 0.391. The lowest BCUT2D eigenvalue weighted by molar-refractivity contribution is -0.133. The Morgan fingerprint density at radius 3 is 2.34 bits per heavy atom. The molecule has 2 aliphatic rings. The molecule has 4 rings (SSSR count). The Bertz CT molecular complexity index is 889. The summed E-state index contributed by atoms with van der Waals surface area (Å²) in [6.07, 6.45) is 0.307. The van der Waals surface area contributed by atoms with Crippen molar-refractivity contribution in [1.29, 1.82) is 0 Å². The summed E-state index contributed by atoms with van der Waals surface area (Å²) < 4.78 is 5.85. The van der Waals surface area contributed by atoms with Gasteiger partial charge in [-0.15, -0.1) is 0 Å². The van der Waals surface area contributed by atoms with Gasteiger partial charge in [-0.25, -0.2) is 0 Å². The van der Waals surface area contributed by atoms with Gasteiger partial charge in [-0.05, 0) is 38.1 Å². The van der Waals surface area contributed by atoms with Gasteiger partial charge in [0.25, 0.3) is 5.91 Å². The molecular weight excluding hydrogens is 366 g/mol. The molecule has 2 amide bonds. The van der Waals surface area contributed by atoms with Gasteiger partial charge in [0.2, 0.25) is 5.91 Å². The van der Waals surface area contributed by atoms with E-state index < -0.39 is 5.60 Å². The molecule has 0 N–H and O–H groups in total. The SMILES string of the molecule is CC1(C)Oc2ccccc2N(CCC(=O)N2CCN(c3ccccc3)CC2)C1=O. The fourth-order valence-corrected chi connectivity index (χ4v) is 3.96. The summed E-state index contributed by atoms with van der Waals surface area (Å²) in [5.74, 6) is 0.659. The zero-order valence-electron chi connectivity index (χ0n) is 17.0. The topological polar surface area (TPSA) is 53.1 Å². The molecule has 0 atom stereocenters. The number of benzene rings is 2. The van der Waals surface area contributed by atoms with Crippen molar-refractivity contribution in [3.63, 3.8) is 0 Å². The summed E-state index contributed by atoms with van der Waals surface area (Å²) in [6, 6.07) is 17.8. The van der Waals surface area contributed by atoms with E-state index in [2.05, 4.69) is 17.0 Å². The highest BCUT2D eigenvalue weighted by Crippen LogP contribution is 2.37. The van der Waals surface area contributed by atoms with E-state index in [0.717, 1.165) is 18.8 Å². The van der Waals surface area contributed by atoms with Gasteiger partial charge in [0.15, 0.2) is 5.60 Å². The summed E-state index contributed by atoms with van der Waals surface area (Å²) >= 11 is 0. The van der Waals surface area contributed by atoms with E-state index in [-0.39, 0.29) is 11.8 Å². The lowest BCUT2D eigenvalue weighted by atomic mass is 10.0. The average Bonchev–Trinajstić information content (AvgIpc) is 2.74. The first-order valence-corrected chi connectivity index (χ1v) is 10.1. The zero-order valence-corrected chi connectivity index (χ0v) is 17.0. The number of piperazine rings is 1. The molecule has 29 heavy (non-hydrogen) atoms. The molecule has 2 heterocycles. The van der Waals surface area contributed by atoms with Crippen LogP contribution < -0.4 is 14.5 Å². The summed E-state index contributed by atoms with van der Waals surface area (Å²) in [5, 5.41) is 0. The minimum atomic E-state index is -0.932. The molecule has 6 heteroatoms. The first-order valence-electron chi connectivity index (χ1n) is 10.1. The van der Waals surface area contributed by atoms with E-state index >= 15 is 0 Å². The number of carbonyl (C=O) groups excluding carboxylic acids is 2. The lowest BCUT2D eigenvalue weighted by Gasteiger charge is -2.39. The number of rotatable bonds is 4. The van der Waals surface area contributed by atoms with Crippen LogP contribution in [-0.4, -0.2) is 55.0 Å². The Hall–Kier alpha value is -3.02. The van der Waals surface area contributed by atoms with Crippen molar-refractivity contribution in [1.82, 2.24) is 4.90 Å². The van der Waals surface area contributed by atoms with Crippen molar-refractivity contribution in [2.24, 2.45) is 0 Å². The first kappa shape index (κ1) is 19.3. The van der Waals surface area contributed by atoms with Crippen LogP contribution in [0.4, 0.5) is 11.4 Å². The number of ether oxygens (including phenoxy) is 1. The van der Waals surface area contributed by atoms with Crippen molar-refractivity contribution in [2.45, 2.75) is 25.9 Å². The van der Waals surface area contributed by atoms with Crippen molar-refractivity contribution >= 4 is 23.2 Å². The van der Waals surface area contributed by atoms with Crippen molar-refractivity contribution in [3.05, 3.63) is 54.6 Å². The van der Waals surface area contributed by atoms with E-state index in [9.17, 15) is 9.59 Å². The van der Waals surface area contributed by atoms with Crippen LogP contribution in [0.1, 0.15) is 20.3 Å². The summed E-state index contributed by atoms with van der Waals surface area (Å²) in [5.41, 5.74) is 0.995. The maximum Gasteiger partial charge on any atom is 0.270 e. The van der Waals surface area contributed by atoms with Gasteiger partial charge in [-0.2, -0.15) is 0 Å². The molecule has 6 nitrogen and oxygen atoms in total. The number of carbonyl (C=O) groups is 2. The molecule has 0 saturated carbocycles. The van der Waals surface area contributed by atoms with E-state index in [1.807, 2.05) is 47.4 Å². The fourth-order valence-electron chi connectivity index (χ4n) is 3.96. The predicted molar refractivity (Wildman–Crippen MR) is 113 cm³/mol. The van der Waals surface area contributed by atoms with Crippen LogP contribution in [0.25, 0.3) is 0 Å². The highest BCUT2D eigenvalue weighted by molar-refractivity contribution is 6.02. The van der Waals surface area contributed by atoms with E-state index in [1.165, 1.54) is 5.69 Å². The Kier molecular flexibility index (Phi) is 5.18. The van der Waals surface area contributed by atoms with Gasteiger partial charge in [0, 0.05) is 44.8 Å². The maximum absolute atomic E-state index is 12.9. The number of amides is 2. The minimum absolute atomic E-state index is 0.0901.